The monoisotopic (exact) mass is 263 g/mol. The molecule has 0 radical (unpaired) electrons. The maximum absolute atomic E-state index is 11.8. The summed E-state index contributed by atoms with van der Waals surface area (Å²) in [4.78, 5) is 16.1. The summed E-state index contributed by atoms with van der Waals surface area (Å²) in [6.45, 7) is 3.27. The van der Waals surface area contributed by atoms with Gasteiger partial charge in [-0.05, 0) is 12.5 Å². The minimum absolute atomic E-state index is 0.0769. The van der Waals surface area contributed by atoms with Gasteiger partial charge in [0.2, 0.25) is 5.91 Å². The van der Waals surface area contributed by atoms with Crippen molar-refractivity contribution < 1.29 is 4.79 Å². The maximum Gasteiger partial charge on any atom is 0.241 e. The van der Waals surface area contributed by atoms with Crippen LogP contribution in [0.15, 0.2) is 6.07 Å². The molecule has 0 aliphatic carbocycles. The molecule has 0 bridgehead atoms. The Morgan fingerprint density at radius 3 is 2.67 bits per heavy atom. The minimum atomic E-state index is 0.0769. The van der Waals surface area contributed by atoms with E-state index in [4.69, 9.17) is 5.26 Å². The third-order valence-corrected chi connectivity index (χ3v) is 3.84. The third-order valence-electron chi connectivity index (χ3n) is 2.64. The van der Waals surface area contributed by atoms with Gasteiger partial charge in [-0.1, -0.05) is 12.4 Å². The Balaban J connectivity index is 2.90. The molecule has 0 aromatic carbocycles. The molecule has 4 nitrogen and oxygen atoms in total. The molecule has 0 fully saturated rings. The highest BCUT2D eigenvalue weighted by Crippen LogP contribution is 2.23. The number of nitriles is 1. The predicted octanol–water partition coefficient (Wildman–Crippen LogP) is 0.183. The van der Waals surface area contributed by atoms with Crippen molar-refractivity contribution in [2.24, 2.45) is 0 Å². The Morgan fingerprint density at radius 1 is 1.56 bits per heavy atom. The van der Waals surface area contributed by atoms with Gasteiger partial charge in [-0.15, -0.1) is 11.3 Å². The number of anilines is 1. The Bertz CT molecular complexity index is 464. The molecule has 0 N–H and O–H groups in total. The summed E-state index contributed by atoms with van der Waals surface area (Å²) in [6, 6.07) is 4.17. The molecule has 1 aromatic rings. The number of thiophene rings is 1. The summed E-state index contributed by atoms with van der Waals surface area (Å²) in [5.74, 6) is 0.0769. The molecule has 0 saturated carbocycles. The van der Waals surface area contributed by atoms with E-state index in [9.17, 15) is 4.79 Å². The van der Waals surface area contributed by atoms with E-state index < -0.39 is 0 Å². The maximum atomic E-state index is 11.8. The first-order chi connectivity index (χ1) is 8.49. The first-order valence-corrected chi connectivity index (χ1v) is 6.76. The van der Waals surface area contributed by atoms with Crippen LogP contribution in [0, 0.1) is 11.3 Å². The van der Waals surface area contributed by atoms with Gasteiger partial charge in [-0.3, -0.25) is 4.79 Å². The van der Waals surface area contributed by atoms with Gasteiger partial charge in [-0.2, -0.15) is 5.26 Å². The average molecular weight is 263 g/mol. The van der Waals surface area contributed by atoms with Gasteiger partial charge in [0.25, 0.3) is 0 Å². The van der Waals surface area contributed by atoms with E-state index in [0.717, 1.165) is 28.3 Å². The SMILES string of the molecule is Bc1cc(N(CCC)CC(=O)N(C)C)sc1C#N. The zero-order valence-corrected chi connectivity index (χ0v) is 12.2. The summed E-state index contributed by atoms with van der Waals surface area (Å²) >= 11 is 1.46. The number of hydrogen-bond donors (Lipinski definition) is 0. The van der Waals surface area contributed by atoms with Gasteiger partial charge < -0.3 is 9.80 Å². The molecule has 0 aliphatic heterocycles. The van der Waals surface area contributed by atoms with Gasteiger partial charge >= 0.3 is 0 Å². The number of likely N-dealkylation sites (N-methyl/N-ethyl adjacent to an activating group) is 1. The summed E-state index contributed by atoms with van der Waals surface area (Å²) in [5.41, 5.74) is 0.982. The molecule has 0 unspecified atom stereocenters. The third kappa shape index (κ3) is 3.51. The molecule has 0 atom stereocenters. The van der Waals surface area contributed by atoms with Crippen LogP contribution in [0.1, 0.15) is 18.2 Å². The van der Waals surface area contributed by atoms with Crippen molar-refractivity contribution in [2.75, 3.05) is 32.1 Å². The summed E-state index contributed by atoms with van der Waals surface area (Å²) < 4.78 is 0. The molecule has 1 heterocycles. The van der Waals surface area contributed by atoms with Crippen molar-refractivity contribution in [3.05, 3.63) is 10.9 Å². The van der Waals surface area contributed by atoms with Crippen LogP contribution in [0.3, 0.4) is 0 Å². The van der Waals surface area contributed by atoms with Crippen molar-refractivity contribution >= 4 is 35.6 Å². The number of hydrogen-bond acceptors (Lipinski definition) is 4. The lowest BCUT2D eigenvalue weighted by Crippen LogP contribution is -2.36. The highest BCUT2D eigenvalue weighted by molar-refractivity contribution is 7.17. The standard InChI is InChI=1S/C12H18BN3OS/c1-4-5-16(8-11(17)15(2)3)12-6-9(13)10(7-14)18-12/h6H,4-5,8,13H2,1-3H3. The second kappa shape index (κ2) is 6.46. The molecule has 0 saturated heterocycles. The molecule has 0 aliphatic rings. The van der Waals surface area contributed by atoms with Crippen LogP contribution < -0.4 is 10.4 Å². The Labute approximate surface area is 113 Å². The summed E-state index contributed by atoms with van der Waals surface area (Å²) in [7, 11) is 5.44. The van der Waals surface area contributed by atoms with Crippen LogP contribution in [0.2, 0.25) is 0 Å². The van der Waals surface area contributed by atoms with Crippen molar-refractivity contribution in [1.82, 2.24) is 4.90 Å². The molecule has 1 amide bonds. The van der Waals surface area contributed by atoms with Crippen molar-refractivity contribution in [3.63, 3.8) is 0 Å². The molecule has 1 rings (SSSR count). The number of amides is 1. The summed E-state index contributed by atoms with van der Waals surface area (Å²) in [6.07, 6.45) is 0.972. The fourth-order valence-electron chi connectivity index (χ4n) is 1.57. The topological polar surface area (TPSA) is 47.3 Å². The van der Waals surface area contributed by atoms with Gasteiger partial charge in [0.05, 0.1) is 11.5 Å². The van der Waals surface area contributed by atoms with E-state index in [0.29, 0.717) is 6.54 Å². The van der Waals surface area contributed by atoms with Gasteiger partial charge in [-0.25, -0.2) is 0 Å². The van der Waals surface area contributed by atoms with Gasteiger partial charge in [0.1, 0.15) is 18.8 Å². The van der Waals surface area contributed by atoms with Crippen molar-refractivity contribution in [2.45, 2.75) is 13.3 Å². The lowest BCUT2D eigenvalue weighted by molar-refractivity contribution is -0.127. The average Bonchev–Trinajstić information content (AvgIpc) is 2.69. The molecular formula is C12H18BN3OS. The normalized spacial score (nSPS) is 9.89. The highest BCUT2D eigenvalue weighted by Gasteiger charge is 2.15. The van der Waals surface area contributed by atoms with Crippen molar-refractivity contribution in [3.8, 4) is 6.07 Å². The molecule has 6 heteroatoms. The van der Waals surface area contributed by atoms with Crippen LogP contribution in [-0.2, 0) is 4.79 Å². The first kappa shape index (κ1) is 14.6. The van der Waals surface area contributed by atoms with Crippen LogP contribution in [0.4, 0.5) is 5.00 Å². The fourth-order valence-corrected chi connectivity index (χ4v) is 2.57. The lowest BCUT2D eigenvalue weighted by atomic mass is 9.97. The lowest BCUT2D eigenvalue weighted by Gasteiger charge is -2.23. The van der Waals surface area contributed by atoms with E-state index >= 15 is 0 Å². The van der Waals surface area contributed by atoms with E-state index in [2.05, 4.69) is 13.0 Å². The molecular weight excluding hydrogens is 245 g/mol. The van der Waals surface area contributed by atoms with Gasteiger partial charge in [0, 0.05) is 20.6 Å². The van der Waals surface area contributed by atoms with E-state index in [-0.39, 0.29) is 5.91 Å². The molecule has 18 heavy (non-hydrogen) atoms. The van der Waals surface area contributed by atoms with Crippen LogP contribution in [0.25, 0.3) is 0 Å². The number of carbonyl (C=O) groups is 1. The fraction of sp³-hybridized carbons (Fsp3) is 0.500. The second-order valence-corrected chi connectivity index (χ2v) is 5.45. The Morgan fingerprint density at radius 2 is 2.22 bits per heavy atom. The molecule has 1 aromatic heterocycles. The van der Waals surface area contributed by atoms with E-state index in [1.54, 1.807) is 19.0 Å². The quantitative estimate of drug-likeness (QED) is 0.712. The van der Waals surface area contributed by atoms with Crippen molar-refractivity contribution in [1.29, 1.82) is 5.26 Å². The highest BCUT2D eigenvalue weighted by atomic mass is 32.1. The number of carbonyl (C=O) groups excluding carboxylic acids is 1. The van der Waals surface area contributed by atoms with E-state index in [1.165, 1.54) is 11.3 Å². The zero-order valence-electron chi connectivity index (χ0n) is 11.4. The smallest absolute Gasteiger partial charge is 0.241 e. The largest absolute Gasteiger partial charge is 0.354 e. The Kier molecular flexibility index (Phi) is 5.23. The molecule has 0 spiro atoms. The zero-order chi connectivity index (χ0) is 13.7. The number of rotatable bonds is 5. The predicted molar refractivity (Wildman–Crippen MR) is 78.4 cm³/mol. The van der Waals surface area contributed by atoms with E-state index in [1.807, 2.05) is 18.8 Å². The van der Waals surface area contributed by atoms with Crippen LogP contribution in [-0.4, -0.2) is 45.8 Å². The van der Waals surface area contributed by atoms with Gasteiger partial charge in [0.15, 0.2) is 0 Å². The Hall–Kier alpha value is -1.48. The minimum Gasteiger partial charge on any atom is -0.354 e. The van der Waals surface area contributed by atoms with Crippen LogP contribution >= 0.6 is 11.3 Å². The second-order valence-electron chi connectivity index (χ2n) is 4.42. The number of nitrogens with zero attached hydrogens (tertiary/aromatic N) is 3. The summed E-state index contributed by atoms with van der Waals surface area (Å²) in [5, 5.41) is 9.98. The molecule has 96 valence electrons. The van der Waals surface area contributed by atoms with Crippen LogP contribution in [0.5, 0.6) is 0 Å². The first-order valence-electron chi connectivity index (χ1n) is 5.95.